The molecule has 92 valence electrons. The molecule has 0 aromatic carbocycles. The molecule has 1 aliphatic carbocycles. The average Bonchev–Trinajstić information content (AvgIpc) is 2.94. The molecular formula is C9H10F5NO. The van der Waals surface area contributed by atoms with Crippen LogP contribution >= 0.6 is 0 Å². The van der Waals surface area contributed by atoms with Crippen molar-refractivity contribution in [2.45, 2.75) is 31.0 Å². The largest absolute Gasteiger partial charge is 0.463 e. The van der Waals surface area contributed by atoms with Gasteiger partial charge in [0.1, 0.15) is 0 Å². The highest BCUT2D eigenvalue weighted by Crippen LogP contribution is 2.39. The summed E-state index contributed by atoms with van der Waals surface area (Å²) in [4.78, 5) is 11.6. The van der Waals surface area contributed by atoms with Crippen molar-refractivity contribution in [1.82, 2.24) is 4.90 Å². The summed E-state index contributed by atoms with van der Waals surface area (Å²) in [5.41, 5.74) is 0. The predicted octanol–water partition coefficient (Wildman–Crippen LogP) is 2.36. The number of amides is 1. The summed E-state index contributed by atoms with van der Waals surface area (Å²) in [6, 6.07) is -0.515. The molecule has 0 unspecified atom stereocenters. The number of carbonyl (C=O) groups is 1. The Morgan fingerprint density at radius 1 is 1.31 bits per heavy atom. The zero-order valence-corrected chi connectivity index (χ0v) is 8.23. The molecule has 16 heavy (non-hydrogen) atoms. The normalized spacial score (nSPS) is 17.1. The van der Waals surface area contributed by atoms with Crippen LogP contribution in [0.4, 0.5) is 22.0 Å². The van der Waals surface area contributed by atoms with E-state index in [-0.39, 0.29) is 6.54 Å². The lowest BCUT2D eigenvalue weighted by Crippen LogP contribution is -2.52. The lowest BCUT2D eigenvalue weighted by molar-refractivity contribution is -0.274. The van der Waals surface area contributed by atoms with Gasteiger partial charge < -0.3 is 4.90 Å². The Bertz CT molecular complexity index is 295. The first-order valence-electron chi connectivity index (χ1n) is 4.58. The number of nitrogens with zero attached hydrogens (tertiary/aromatic N) is 1. The molecule has 7 heteroatoms. The lowest BCUT2D eigenvalue weighted by atomic mass is 10.2. The van der Waals surface area contributed by atoms with Crippen molar-refractivity contribution in [2.75, 3.05) is 6.54 Å². The van der Waals surface area contributed by atoms with Crippen molar-refractivity contribution in [3.63, 3.8) is 0 Å². The third-order valence-electron chi connectivity index (χ3n) is 2.20. The Labute approximate surface area is 88.7 Å². The average molecular weight is 243 g/mol. The topological polar surface area (TPSA) is 20.3 Å². The number of rotatable bonds is 4. The fourth-order valence-electron chi connectivity index (χ4n) is 1.22. The highest BCUT2D eigenvalue weighted by molar-refractivity contribution is 5.85. The molecule has 0 heterocycles. The summed E-state index contributed by atoms with van der Waals surface area (Å²) in [5, 5.41) is 0. The van der Waals surface area contributed by atoms with Crippen LogP contribution in [0.5, 0.6) is 0 Å². The molecule has 0 bridgehead atoms. The van der Waals surface area contributed by atoms with E-state index in [1.165, 1.54) is 0 Å². The second-order valence-corrected chi connectivity index (χ2v) is 3.55. The fourth-order valence-corrected chi connectivity index (χ4v) is 1.22. The van der Waals surface area contributed by atoms with Gasteiger partial charge in [-0.2, -0.15) is 22.0 Å². The first kappa shape index (κ1) is 12.9. The smallest absolute Gasteiger partial charge is 0.330 e. The fraction of sp³-hybridized carbons (Fsp3) is 0.667. The minimum Gasteiger partial charge on any atom is -0.330 e. The number of hydrogen-bond donors (Lipinski definition) is 0. The minimum atomic E-state index is -5.85. The van der Waals surface area contributed by atoms with Crippen molar-refractivity contribution in [3.8, 4) is 0 Å². The van der Waals surface area contributed by atoms with E-state index in [0.29, 0.717) is 17.7 Å². The Morgan fingerprint density at radius 2 is 1.81 bits per heavy atom. The zero-order chi connectivity index (χ0) is 12.6. The molecule has 0 radical (unpaired) electrons. The van der Waals surface area contributed by atoms with E-state index in [4.69, 9.17) is 0 Å². The summed E-state index contributed by atoms with van der Waals surface area (Å²) in [6.07, 6.45) is -3.82. The summed E-state index contributed by atoms with van der Waals surface area (Å²) in [6.45, 7) is 2.92. The maximum atomic E-state index is 12.7. The van der Waals surface area contributed by atoms with Crippen molar-refractivity contribution >= 4 is 5.91 Å². The van der Waals surface area contributed by atoms with Crippen LogP contribution < -0.4 is 0 Å². The van der Waals surface area contributed by atoms with Gasteiger partial charge in [-0.3, -0.25) is 4.79 Å². The summed E-state index contributed by atoms with van der Waals surface area (Å²) in [7, 11) is 0. The monoisotopic (exact) mass is 243 g/mol. The molecule has 0 aliphatic heterocycles. The Kier molecular flexibility index (Phi) is 3.25. The molecule has 0 saturated heterocycles. The SMILES string of the molecule is C=CCN(C(=O)C(F)(F)C(F)(F)F)C1CC1. The van der Waals surface area contributed by atoms with Crippen molar-refractivity contribution < 1.29 is 26.7 Å². The van der Waals surface area contributed by atoms with Gasteiger partial charge in [-0.15, -0.1) is 6.58 Å². The molecule has 1 aliphatic rings. The minimum absolute atomic E-state index is 0.296. The van der Waals surface area contributed by atoms with Crippen LogP contribution in [0.3, 0.4) is 0 Å². The van der Waals surface area contributed by atoms with Crippen LogP contribution in [0.1, 0.15) is 12.8 Å². The molecule has 0 aromatic rings. The van der Waals surface area contributed by atoms with Crippen molar-refractivity contribution in [1.29, 1.82) is 0 Å². The zero-order valence-electron chi connectivity index (χ0n) is 8.23. The maximum absolute atomic E-state index is 12.7. The van der Waals surface area contributed by atoms with Gasteiger partial charge >= 0.3 is 18.0 Å². The van der Waals surface area contributed by atoms with Crippen molar-refractivity contribution in [2.24, 2.45) is 0 Å². The van der Waals surface area contributed by atoms with E-state index < -0.39 is 24.0 Å². The first-order chi connectivity index (χ1) is 7.21. The molecule has 0 atom stereocenters. The Hall–Kier alpha value is -1.14. The third kappa shape index (κ3) is 2.33. The van der Waals surface area contributed by atoms with E-state index in [1.807, 2.05) is 0 Å². The van der Waals surface area contributed by atoms with E-state index in [9.17, 15) is 26.7 Å². The second-order valence-electron chi connectivity index (χ2n) is 3.55. The number of carbonyl (C=O) groups excluding carboxylic acids is 1. The second kappa shape index (κ2) is 4.03. The Balaban J connectivity index is 2.85. The molecular weight excluding hydrogens is 233 g/mol. The van der Waals surface area contributed by atoms with Gasteiger partial charge in [0.2, 0.25) is 0 Å². The molecule has 1 saturated carbocycles. The van der Waals surface area contributed by atoms with E-state index >= 15 is 0 Å². The van der Waals surface area contributed by atoms with E-state index in [0.717, 1.165) is 6.08 Å². The first-order valence-corrected chi connectivity index (χ1v) is 4.58. The van der Waals surface area contributed by atoms with E-state index in [1.54, 1.807) is 0 Å². The van der Waals surface area contributed by atoms with Gasteiger partial charge in [0, 0.05) is 12.6 Å². The van der Waals surface area contributed by atoms with Gasteiger partial charge in [0.25, 0.3) is 0 Å². The van der Waals surface area contributed by atoms with Crippen LogP contribution in [-0.2, 0) is 4.79 Å². The standard InChI is InChI=1S/C9H10F5NO/c1-2-5-15(6-3-4-6)7(16)8(10,11)9(12,13)14/h2,6H,1,3-5H2. The Morgan fingerprint density at radius 3 is 2.12 bits per heavy atom. The van der Waals surface area contributed by atoms with Crippen LogP contribution in [-0.4, -0.2) is 35.5 Å². The van der Waals surface area contributed by atoms with Crippen LogP contribution in [0, 0.1) is 0 Å². The predicted molar refractivity (Wildman–Crippen MR) is 45.9 cm³/mol. The molecule has 0 spiro atoms. The van der Waals surface area contributed by atoms with Gasteiger partial charge in [-0.25, -0.2) is 0 Å². The number of alkyl halides is 5. The van der Waals surface area contributed by atoms with Gasteiger partial charge in [0.05, 0.1) is 0 Å². The van der Waals surface area contributed by atoms with Gasteiger partial charge in [0.15, 0.2) is 0 Å². The number of hydrogen-bond acceptors (Lipinski definition) is 1. The molecule has 2 nitrogen and oxygen atoms in total. The summed E-state index contributed by atoms with van der Waals surface area (Å²) < 4.78 is 61.3. The van der Waals surface area contributed by atoms with Crippen LogP contribution in [0.2, 0.25) is 0 Å². The molecule has 0 N–H and O–H groups in total. The maximum Gasteiger partial charge on any atom is 0.463 e. The molecule has 1 rings (SSSR count). The summed E-state index contributed by atoms with van der Waals surface area (Å²) in [5.74, 6) is -7.51. The van der Waals surface area contributed by atoms with Crippen LogP contribution in [0.15, 0.2) is 12.7 Å². The van der Waals surface area contributed by atoms with Crippen LogP contribution in [0.25, 0.3) is 0 Å². The van der Waals surface area contributed by atoms with Crippen molar-refractivity contribution in [3.05, 3.63) is 12.7 Å². The molecule has 0 aromatic heterocycles. The quantitative estimate of drug-likeness (QED) is 0.548. The highest BCUT2D eigenvalue weighted by atomic mass is 19.4. The van der Waals surface area contributed by atoms with Gasteiger partial charge in [-0.1, -0.05) is 6.08 Å². The highest BCUT2D eigenvalue weighted by Gasteiger charge is 2.65. The lowest BCUT2D eigenvalue weighted by Gasteiger charge is -2.27. The van der Waals surface area contributed by atoms with Gasteiger partial charge in [-0.05, 0) is 12.8 Å². The summed E-state index contributed by atoms with van der Waals surface area (Å²) >= 11 is 0. The molecule has 1 amide bonds. The molecule has 1 fully saturated rings. The third-order valence-corrected chi connectivity index (χ3v) is 2.20. The van der Waals surface area contributed by atoms with E-state index in [2.05, 4.69) is 6.58 Å². The number of halogens is 5.